The monoisotopic (exact) mass is 279 g/mol. The Hall–Kier alpha value is -2.51. The highest BCUT2D eigenvalue weighted by molar-refractivity contribution is 6.26. The molecule has 0 aliphatic carbocycles. The third-order valence-electron chi connectivity index (χ3n) is 2.66. The maximum Gasteiger partial charge on any atom is 0.451 e. The molecule has 0 spiro atoms. The number of fused-ring (bicyclic) bond motifs is 1. The van der Waals surface area contributed by atoms with Crippen LogP contribution in [-0.4, -0.2) is 36.1 Å². The number of para-hydroxylation sites is 1. The Morgan fingerprint density at radius 2 is 1.80 bits per heavy atom. The summed E-state index contributed by atoms with van der Waals surface area (Å²) >= 11 is 0. The highest BCUT2D eigenvalue weighted by atomic mass is 19.4. The van der Waals surface area contributed by atoms with Gasteiger partial charge in [-0.3, -0.25) is 4.99 Å². The second-order valence-corrected chi connectivity index (χ2v) is 4.08. The molecule has 102 valence electrons. The molecule has 1 aromatic rings. The van der Waals surface area contributed by atoms with E-state index < -0.39 is 18.1 Å². The van der Waals surface area contributed by atoms with Crippen LogP contribution >= 0.6 is 0 Å². The summed E-state index contributed by atoms with van der Waals surface area (Å²) < 4.78 is 38.2. The van der Waals surface area contributed by atoms with Gasteiger partial charge in [-0.1, -0.05) is 18.2 Å². The van der Waals surface area contributed by atoms with E-state index in [0.717, 1.165) is 0 Å². The van der Waals surface area contributed by atoms with E-state index in [-0.39, 0.29) is 11.7 Å². The fourth-order valence-corrected chi connectivity index (χ4v) is 1.78. The first-order chi connectivity index (χ1) is 9.54. The van der Waals surface area contributed by atoms with Crippen LogP contribution < -0.4 is 5.32 Å². The van der Waals surface area contributed by atoms with Crippen molar-refractivity contribution in [3.05, 3.63) is 30.3 Å². The van der Waals surface area contributed by atoms with Gasteiger partial charge in [0.1, 0.15) is 12.2 Å². The van der Waals surface area contributed by atoms with Crippen LogP contribution in [0.4, 0.5) is 18.9 Å². The standard InChI is InChI=1S/C12H8F3N5/c13-12(14,15)11-19-9-8(16-6-17-9)10(20-11)18-7-4-2-1-3-5-7/h1-6,8H,(H,16,17,18,19,20). The van der Waals surface area contributed by atoms with Crippen molar-refractivity contribution in [2.24, 2.45) is 20.0 Å². The first-order valence-corrected chi connectivity index (χ1v) is 5.70. The summed E-state index contributed by atoms with van der Waals surface area (Å²) in [5.74, 6) is -1.17. The Morgan fingerprint density at radius 1 is 1.05 bits per heavy atom. The number of aliphatic imine (C=N–C) groups is 4. The quantitative estimate of drug-likeness (QED) is 0.842. The van der Waals surface area contributed by atoms with Gasteiger partial charge in [-0.05, 0) is 12.1 Å². The van der Waals surface area contributed by atoms with Gasteiger partial charge in [-0.2, -0.15) is 13.2 Å². The molecule has 1 aromatic carbocycles. The van der Waals surface area contributed by atoms with Crippen LogP contribution in [0.15, 0.2) is 50.3 Å². The number of hydrogen-bond donors (Lipinski definition) is 1. The van der Waals surface area contributed by atoms with E-state index in [0.29, 0.717) is 5.69 Å². The molecule has 0 saturated carbocycles. The van der Waals surface area contributed by atoms with Crippen molar-refractivity contribution in [3.63, 3.8) is 0 Å². The second-order valence-electron chi connectivity index (χ2n) is 4.08. The van der Waals surface area contributed by atoms with Gasteiger partial charge in [0.25, 0.3) is 0 Å². The molecule has 3 rings (SSSR count). The van der Waals surface area contributed by atoms with E-state index in [9.17, 15) is 13.2 Å². The molecule has 0 saturated heterocycles. The number of amidine groups is 3. The van der Waals surface area contributed by atoms with Crippen LogP contribution in [0.1, 0.15) is 0 Å². The van der Waals surface area contributed by atoms with Crippen LogP contribution in [-0.2, 0) is 0 Å². The van der Waals surface area contributed by atoms with Gasteiger partial charge >= 0.3 is 6.18 Å². The van der Waals surface area contributed by atoms with Crippen LogP contribution in [0.3, 0.4) is 0 Å². The molecular weight excluding hydrogens is 271 g/mol. The average molecular weight is 279 g/mol. The average Bonchev–Trinajstić information content (AvgIpc) is 2.87. The van der Waals surface area contributed by atoms with Gasteiger partial charge in [-0.25, -0.2) is 15.0 Å². The third kappa shape index (κ3) is 2.31. The molecule has 1 N–H and O–H groups in total. The van der Waals surface area contributed by atoms with Crippen molar-refractivity contribution < 1.29 is 13.2 Å². The van der Waals surface area contributed by atoms with Gasteiger partial charge in [0.2, 0.25) is 5.84 Å². The van der Waals surface area contributed by atoms with E-state index in [1.54, 1.807) is 30.3 Å². The minimum absolute atomic E-state index is 0.00856. The molecule has 1 unspecified atom stereocenters. The number of rotatable bonds is 1. The molecule has 5 nitrogen and oxygen atoms in total. The third-order valence-corrected chi connectivity index (χ3v) is 2.66. The first-order valence-electron chi connectivity index (χ1n) is 5.70. The molecule has 8 heteroatoms. The SMILES string of the molecule is FC(F)(F)C1=NC2=NC=NC2C(Nc2ccccc2)=N1. The number of alkyl halides is 3. The number of nitrogens with zero attached hydrogens (tertiary/aromatic N) is 4. The predicted octanol–water partition coefficient (Wildman–Crippen LogP) is 2.28. The van der Waals surface area contributed by atoms with E-state index in [2.05, 4.69) is 25.3 Å². The second kappa shape index (κ2) is 4.55. The lowest BCUT2D eigenvalue weighted by Crippen LogP contribution is -2.39. The number of nitrogens with one attached hydrogen (secondary N) is 1. The maximum absolute atomic E-state index is 12.7. The summed E-state index contributed by atoms with van der Waals surface area (Å²) in [6.45, 7) is 0. The Kier molecular flexibility index (Phi) is 2.85. The van der Waals surface area contributed by atoms with Crippen LogP contribution in [0, 0.1) is 0 Å². The highest BCUT2D eigenvalue weighted by Crippen LogP contribution is 2.23. The van der Waals surface area contributed by atoms with Gasteiger partial charge in [0.05, 0.1) is 0 Å². The Balaban J connectivity index is 1.95. The van der Waals surface area contributed by atoms with Crippen LogP contribution in [0.25, 0.3) is 0 Å². The smallest absolute Gasteiger partial charge is 0.341 e. The lowest BCUT2D eigenvalue weighted by atomic mass is 10.2. The zero-order chi connectivity index (χ0) is 14.2. The van der Waals surface area contributed by atoms with Crippen LogP contribution in [0.2, 0.25) is 0 Å². The van der Waals surface area contributed by atoms with E-state index >= 15 is 0 Å². The lowest BCUT2D eigenvalue weighted by Gasteiger charge is -2.19. The summed E-state index contributed by atoms with van der Waals surface area (Å²) in [7, 11) is 0. The summed E-state index contributed by atoms with van der Waals surface area (Å²) in [6.07, 6.45) is -3.44. The summed E-state index contributed by atoms with van der Waals surface area (Å²) in [5.41, 5.74) is 0.621. The summed E-state index contributed by atoms with van der Waals surface area (Å²) in [4.78, 5) is 14.6. The Bertz CT molecular complexity index is 643. The highest BCUT2D eigenvalue weighted by Gasteiger charge is 2.41. The minimum Gasteiger partial charge on any atom is -0.341 e. The zero-order valence-electron chi connectivity index (χ0n) is 9.96. The molecule has 0 bridgehead atoms. The predicted molar refractivity (Wildman–Crippen MR) is 70.7 cm³/mol. The van der Waals surface area contributed by atoms with Crippen molar-refractivity contribution in [2.45, 2.75) is 12.2 Å². The maximum atomic E-state index is 12.7. The fraction of sp³-hybridized carbons (Fsp3) is 0.167. The number of anilines is 1. The zero-order valence-corrected chi connectivity index (χ0v) is 9.96. The molecule has 1 atom stereocenters. The Labute approximate surface area is 111 Å². The molecule has 0 radical (unpaired) electrons. The molecule has 2 aliphatic heterocycles. The molecule has 0 aromatic heterocycles. The molecular formula is C12H8F3N5. The first kappa shape index (κ1) is 12.5. The molecule has 0 fully saturated rings. The van der Waals surface area contributed by atoms with Gasteiger partial charge < -0.3 is 5.32 Å². The molecule has 2 aliphatic rings. The largest absolute Gasteiger partial charge is 0.451 e. The van der Waals surface area contributed by atoms with Crippen molar-refractivity contribution in [1.29, 1.82) is 0 Å². The van der Waals surface area contributed by atoms with Gasteiger partial charge in [0.15, 0.2) is 11.9 Å². The Morgan fingerprint density at radius 3 is 2.50 bits per heavy atom. The summed E-state index contributed by atoms with van der Waals surface area (Å²) in [5, 5.41) is 2.83. The van der Waals surface area contributed by atoms with Gasteiger partial charge in [-0.15, -0.1) is 0 Å². The fourth-order valence-electron chi connectivity index (χ4n) is 1.78. The van der Waals surface area contributed by atoms with Crippen molar-refractivity contribution >= 4 is 29.5 Å². The normalized spacial score (nSPS) is 20.9. The van der Waals surface area contributed by atoms with E-state index in [4.69, 9.17) is 0 Å². The lowest BCUT2D eigenvalue weighted by molar-refractivity contribution is -0.0596. The van der Waals surface area contributed by atoms with Gasteiger partial charge in [0, 0.05) is 5.69 Å². The van der Waals surface area contributed by atoms with E-state index in [1.807, 2.05) is 0 Å². The summed E-state index contributed by atoms with van der Waals surface area (Å²) in [6, 6.07) is 8.06. The van der Waals surface area contributed by atoms with Crippen molar-refractivity contribution in [1.82, 2.24) is 0 Å². The number of benzene rings is 1. The van der Waals surface area contributed by atoms with Crippen molar-refractivity contribution in [2.75, 3.05) is 5.32 Å². The van der Waals surface area contributed by atoms with Crippen molar-refractivity contribution in [3.8, 4) is 0 Å². The number of halogens is 3. The molecule has 2 heterocycles. The minimum atomic E-state index is -4.63. The topological polar surface area (TPSA) is 61.5 Å². The van der Waals surface area contributed by atoms with Crippen LogP contribution in [0.5, 0.6) is 0 Å². The van der Waals surface area contributed by atoms with E-state index in [1.165, 1.54) is 6.34 Å². The number of hydrogen-bond acceptors (Lipinski definition) is 5. The molecule has 20 heavy (non-hydrogen) atoms. The molecule has 0 amide bonds.